The Bertz CT molecular complexity index is 575. The van der Waals surface area contributed by atoms with E-state index in [9.17, 15) is 13.5 Å². The lowest BCUT2D eigenvalue weighted by atomic mass is 10.1. The van der Waals surface area contributed by atoms with Crippen molar-refractivity contribution in [3.05, 3.63) is 29.8 Å². The van der Waals surface area contributed by atoms with Gasteiger partial charge in [-0.1, -0.05) is 6.42 Å². The molecule has 0 amide bonds. The number of sulfonamides is 1. The summed E-state index contributed by atoms with van der Waals surface area (Å²) < 4.78 is 27.0. The average molecular weight is 280 g/mol. The molecule has 6 heteroatoms. The minimum atomic E-state index is -3.58. The van der Waals surface area contributed by atoms with Crippen molar-refractivity contribution in [3.63, 3.8) is 0 Å². The van der Waals surface area contributed by atoms with Crippen molar-refractivity contribution >= 4 is 10.0 Å². The molecular formula is C13H16N2O3S. The SMILES string of the molecule is N#Cc1ccc(S(=O)(=O)N[C@@H]2CCC[C@H]2CO)cc1. The molecule has 0 bridgehead atoms. The van der Waals surface area contributed by atoms with Crippen molar-refractivity contribution in [2.45, 2.75) is 30.2 Å². The molecule has 0 radical (unpaired) electrons. The number of aliphatic hydroxyl groups is 1. The fraction of sp³-hybridized carbons (Fsp3) is 0.462. The smallest absolute Gasteiger partial charge is 0.240 e. The van der Waals surface area contributed by atoms with E-state index in [0.29, 0.717) is 5.56 Å². The molecule has 1 aromatic rings. The third-order valence-corrected chi connectivity index (χ3v) is 5.00. The molecule has 2 N–H and O–H groups in total. The molecule has 0 aliphatic heterocycles. The normalized spacial score (nSPS) is 23.2. The molecule has 5 nitrogen and oxygen atoms in total. The van der Waals surface area contributed by atoms with Gasteiger partial charge in [0.05, 0.1) is 16.5 Å². The topological polar surface area (TPSA) is 90.2 Å². The Morgan fingerprint density at radius 3 is 2.58 bits per heavy atom. The third kappa shape index (κ3) is 3.13. The third-order valence-electron chi connectivity index (χ3n) is 3.49. The fourth-order valence-electron chi connectivity index (χ4n) is 2.39. The average Bonchev–Trinajstić information content (AvgIpc) is 2.85. The molecule has 1 aliphatic carbocycles. The van der Waals surface area contributed by atoms with Gasteiger partial charge in [-0.3, -0.25) is 0 Å². The summed E-state index contributed by atoms with van der Waals surface area (Å²) in [6.45, 7) is 0.000552. The molecule has 19 heavy (non-hydrogen) atoms. The van der Waals surface area contributed by atoms with Crippen LogP contribution in [0.5, 0.6) is 0 Å². The van der Waals surface area contributed by atoms with Gasteiger partial charge in [0.25, 0.3) is 0 Å². The monoisotopic (exact) mass is 280 g/mol. The molecule has 1 fully saturated rings. The number of aliphatic hydroxyl groups excluding tert-OH is 1. The van der Waals surface area contributed by atoms with E-state index in [4.69, 9.17) is 5.26 Å². The second kappa shape index (κ2) is 5.70. The zero-order valence-corrected chi connectivity index (χ0v) is 11.2. The minimum Gasteiger partial charge on any atom is -0.396 e. The van der Waals surface area contributed by atoms with Gasteiger partial charge in [-0.2, -0.15) is 5.26 Å². The van der Waals surface area contributed by atoms with E-state index in [1.54, 1.807) is 0 Å². The summed E-state index contributed by atoms with van der Waals surface area (Å²) in [4.78, 5) is 0.148. The largest absolute Gasteiger partial charge is 0.396 e. The van der Waals surface area contributed by atoms with Crippen molar-refractivity contribution in [1.82, 2.24) is 4.72 Å². The number of hydrogen-bond donors (Lipinski definition) is 2. The Morgan fingerprint density at radius 1 is 1.32 bits per heavy atom. The molecule has 0 saturated heterocycles. The van der Waals surface area contributed by atoms with Crippen LogP contribution >= 0.6 is 0 Å². The fourth-order valence-corrected chi connectivity index (χ4v) is 3.73. The Balaban J connectivity index is 2.15. The van der Waals surface area contributed by atoms with Crippen LogP contribution in [-0.2, 0) is 10.0 Å². The highest BCUT2D eigenvalue weighted by atomic mass is 32.2. The van der Waals surface area contributed by atoms with Crippen LogP contribution in [0.1, 0.15) is 24.8 Å². The Kier molecular flexibility index (Phi) is 4.20. The summed E-state index contributed by atoms with van der Waals surface area (Å²) in [5.74, 6) is -0.00634. The van der Waals surface area contributed by atoms with Gasteiger partial charge in [-0.15, -0.1) is 0 Å². The molecular weight excluding hydrogens is 264 g/mol. The molecule has 2 atom stereocenters. The van der Waals surface area contributed by atoms with Crippen LogP contribution in [0, 0.1) is 17.2 Å². The van der Waals surface area contributed by atoms with Crippen LogP contribution in [0.3, 0.4) is 0 Å². The Labute approximate surface area is 112 Å². The maximum absolute atomic E-state index is 12.2. The maximum atomic E-state index is 12.2. The first kappa shape index (κ1) is 14.0. The van der Waals surface area contributed by atoms with E-state index in [2.05, 4.69) is 4.72 Å². The highest BCUT2D eigenvalue weighted by molar-refractivity contribution is 7.89. The minimum absolute atomic E-state index is 0.000552. The summed E-state index contributed by atoms with van der Waals surface area (Å²) >= 11 is 0. The number of hydrogen-bond acceptors (Lipinski definition) is 4. The van der Waals surface area contributed by atoms with Crippen molar-refractivity contribution in [3.8, 4) is 6.07 Å². The van der Waals surface area contributed by atoms with Crippen LogP contribution in [-0.4, -0.2) is 26.2 Å². The molecule has 1 aromatic carbocycles. The molecule has 1 saturated carbocycles. The van der Waals surface area contributed by atoms with Crippen LogP contribution in [0.2, 0.25) is 0 Å². The zero-order chi connectivity index (χ0) is 13.9. The molecule has 0 spiro atoms. The number of rotatable bonds is 4. The predicted octanol–water partition coefficient (Wildman–Crippen LogP) is 0.998. The standard InChI is InChI=1S/C13H16N2O3S/c14-8-10-4-6-12(7-5-10)19(17,18)15-13-3-1-2-11(13)9-16/h4-7,11,13,15-16H,1-3,9H2/t11-,13+/m0/s1. The lowest BCUT2D eigenvalue weighted by molar-refractivity contribution is 0.213. The van der Waals surface area contributed by atoms with Gasteiger partial charge in [0.2, 0.25) is 10.0 Å². The number of nitrogens with zero attached hydrogens (tertiary/aromatic N) is 1. The van der Waals surface area contributed by atoms with Gasteiger partial charge < -0.3 is 5.11 Å². The summed E-state index contributed by atoms with van der Waals surface area (Å²) in [5.41, 5.74) is 0.424. The molecule has 0 heterocycles. The molecule has 0 aromatic heterocycles. The first-order chi connectivity index (χ1) is 9.06. The van der Waals surface area contributed by atoms with Gasteiger partial charge in [0.1, 0.15) is 0 Å². The van der Waals surface area contributed by atoms with E-state index in [1.807, 2.05) is 6.07 Å². The van der Waals surface area contributed by atoms with Gasteiger partial charge >= 0.3 is 0 Å². The number of nitrogens with one attached hydrogen (secondary N) is 1. The van der Waals surface area contributed by atoms with E-state index in [-0.39, 0.29) is 23.5 Å². The lowest BCUT2D eigenvalue weighted by Crippen LogP contribution is -2.38. The molecule has 1 aliphatic rings. The number of benzene rings is 1. The first-order valence-electron chi connectivity index (χ1n) is 6.20. The Morgan fingerprint density at radius 2 is 2.00 bits per heavy atom. The summed E-state index contributed by atoms with van der Waals surface area (Å²) in [6.07, 6.45) is 2.52. The van der Waals surface area contributed by atoms with E-state index < -0.39 is 10.0 Å². The molecule has 102 valence electrons. The van der Waals surface area contributed by atoms with Crippen molar-refractivity contribution in [1.29, 1.82) is 5.26 Å². The summed E-state index contributed by atoms with van der Waals surface area (Å²) in [5, 5.41) is 17.9. The summed E-state index contributed by atoms with van der Waals surface area (Å²) in [7, 11) is -3.58. The highest BCUT2D eigenvalue weighted by Gasteiger charge is 2.30. The molecule has 0 unspecified atom stereocenters. The van der Waals surface area contributed by atoms with E-state index >= 15 is 0 Å². The summed E-state index contributed by atoms with van der Waals surface area (Å²) in [6, 6.07) is 7.54. The predicted molar refractivity (Wildman–Crippen MR) is 69.7 cm³/mol. The van der Waals surface area contributed by atoms with Crippen LogP contribution in [0.4, 0.5) is 0 Å². The van der Waals surface area contributed by atoms with Crippen LogP contribution in [0.15, 0.2) is 29.2 Å². The second-order valence-electron chi connectivity index (χ2n) is 4.74. The van der Waals surface area contributed by atoms with Crippen LogP contribution in [0.25, 0.3) is 0 Å². The maximum Gasteiger partial charge on any atom is 0.240 e. The lowest BCUT2D eigenvalue weighted by Gasteiger charge is -2.18. The zero-order valence-electron chi connectivity index (χ0n) is 10.4. The highest BCUT2D eigenvalue weighted by Crippen LogP contribution is 2.26. The van der Waals surface area contributed by atoms with Crippen molar-refractivity contribution in [2.24, 2.45) is 5.92 Å². The second-order valence-corrected chi connectivity index (χ2v) is 6.45. The quantitative estimate of drug-likeness (QED) is 0.860. The van der Waals surface area contributed by atoms with Gasteiger partial charge in [-0.05, 0) is 43.0 Å². The van der Waals surface area contributed by atoms with Gasteiger partial charge in [-0.25, -0.2) is 13.1 Å². The van der Waals surface area contributed by atoms with Crippen LogP contribution < -0.4 is 4.72 Å². The molecule has 2 rings (SSSR count). The van der Waals surface area contributed by atoms with E-state index in [0.717, 1.165) is 19.3 Å². The van der Waals surface area contributed by atoms with Crippen molar-refractivity contribution in [2.75, 3.05) is 6.61 Å². The van der Waals surface area contributed by atoms with E-state index in [1.165, 1.54) is 24.3 Å². The van der Waals surface area contributed by atoms with Crippen molar-refractivity contribution < 1.29 is 13.5 Å². The number of nitriles is 1. The Hall–Kier alpha value is -1.42. The van der Waals surface area contributed by atoms with Gasteiger partial charge in [0, 0.05) is 12.6 Å². The first-order valence-corrected chi connectivity index (χ1v) is 7.68. The van der Waals surface area contributed by atoms with Gasteiger partial charge in [0.15, 0.2) is 0 Å².